The van der Waals surface area contributed by atoms with Crippen LogP contribution in [0.2, 0.25) is 0 Å². The van der Waals surface area contributed by atoms with E-state index in [4.69, 9.17) is 15.3 Å². The maximum Gasteiger partial charge on any atom is 0.362 e. The van der Waals surface area contributed by atoms with Crippen molar-refractivity contribution in [1.82, 2.24) is 4.98 Å². The zero-order valence-corrected chi connectivity index (χ0v) is 13.7. The maximum absolute atomic E-state index is 12.0. The van der Waals surface area contributed by atoms with Crippen LogP contribution in [0.3, 0.4) is 0 Å². The number of aromatic nitrogens is 1. The second-order valence-electron chi connectivity index (χ2n) is 5.30. The predicted octanol–water partition coefficient (Wildman–Crippen LogP) is 3.12. The lowest BCUT2D eigenvalue weighted by molar-refractivity contribution is -0.135. The summed E-state index contributed by atoms with van der Waals surface area (Å²) in [5.74, 6) is -0.529. The molecule has 1 aliphatic rings. The van der Waals surface area contributed by atoms with Crippen molar-refractivity contribution in [2.45, 2.75) is 58.0 Å². The molecule has 1 heterocycles. The van der Waals surface area contributed by atoms with E-state index in [-0.39, 0.29) is 18.4 Å². The van der Waals surface area contributed by atoms with Gasteiger partial charge in [0.25, 0.3) is 0 Å². The van der Waals surface area contributed by atoms with E-state index in [0.717, 1.165) is 25.7 Å². The number of ether oxygens (including phenoxy) is 1. The smallest absolute Gasteiger partial charge is 0.362 e. The summed E-state index contributed by atoms with van der Waals surface area (Å²) < 4.78 is 5.03. The zero-order valence-electron chi connectivity index (χ0n) is 12.9. The molecule has 2 N–H and O–H groups in total. The van der Waals surface area contributed by atoms with Crippen LogP contribution in [-0.2, 0) is 14.4 Å². The predicted molar refractivity (Wildman–Crippen MR) is 86.9 cm³/mol. The molecule has 6 nitrogen and oxygen atoms in total. The molecule has 1 aromatic rings. The Bertz CT molecular complexity index is 508. The van der Waals surface area contributed by atoms with Crippen LogP contribution in [0, 0.1) is 0 Å². The molecule has 0 aromatic carbocycles. The Kier molecular flexibility index (Phi) is 6.64. The average molecular weight is 325 g/mol. The van der Waals surface area contributed by atoms with Gasteiger partial charge in [-0.1, -0.05) is 24.4 Å². The topological polar surface area (TPSA) is 86.8 Å². The number of hydrogen-bond acceptors (Lipinski definition) is 7. The van der Waals surface area contributed by atoms with Gasteiger partial charge in [-0.25, -0.2) is 9.78 Å². The Hall–Kier alpha value is -1.63. The summed E-state index contributed by atoms with van der Waals surface area (Å²) in [6.07, 6.45) is 8.03. The van der Waals surface area contributed by atoms with Crippen molar-refractivity contribution in [3.8, 4) is 0 Å². The second-order valence-corrected chi connectivity index (χ2v) is 6.19. The van der Waals surface area contributed by atoms with E-state index >= 15 is 0 Å². The van der Waals surface area contributed by atoms with Crippen LogP contribution in [0.25, 0.3) is 0 Å². The molecular weight excluding hydrogens is 302 g/mol. The quantitative estimate of drug-likeness (QED) is 0.510. The first-order valence-electron chi connectivity index (χ1n) is 7.83. The third-order valence-electron chi connectivity index (χ3n) is 3.58. The lowest BCUT2D eigenvalue weighted by atomic mass is 9.99. The molecule has 0 spiro atoms. The van der Waals surface area contributed by atoms with Crippen LogP contribution >= 0.6 is 11.3 Å². The lowest BCUT2D eigenvalue weighted by Crippen LogP contribution is -2.21. The van der Waals surface area contributed by atoms with Crippen molar-refractivity contribution in [3.05, 3.63) is 11.1 Å². The van der Waals surface area contributed by atoms with E-state index in [1.165, 1.54) is 30.6 Å². The molecule has 1 aromatic heterocycles. The van der Waals surface area contributed by atoms with Crippen molar-refractivity contribution in [1.29, 1.82) is 0 Å². The molecule has 0 aliphatic heterocycles. The Balaban J connectivity index is 2.07. The van der Waals surface area contributed by atoms with Crippen LogP contribution in [0.5, 0.6) is 0 Å². The van der Waals surface area contributed by atoms with Gasteiger partial charge in [-0.05, 0) is 32.6 Å². The van der Waals surface area contributed by atoms with Crippen LogP contribution in [0.4, 0.5) is 5.13 Å². The number of hydrogen-bond donors (Lipinski definition) is 1. The number of rotatable bonds is 5. The van der Waals surface area contributed by atoms with Crippen LogP contribution in [0.1, 0.15) is 57.6 Å². The summed E-state index contributed by atoms with van der Waals surface area (Å²) >= 11 is 1.26. The summed E-state index contributed by atoms with van der Waals surface area (Å²) in [6.45, 7) is 2.03. The third kappa shape index (κ3) is 4.98. The van der Waals surface area contributed by atoms with Gasteiger partial charge in [0.1, 0.15) is 11.8 Å². The number of nitrogens with two attached hydrogens (primary N) is 1. The van der Waals surface area contributed by atoms with Crippen molar-refractivity contribution < 1.29 is 14.4 Å². The Labute approximate surface area is 134 Å². The normalized spacial score (nSPS) is 17.6. The molecule has 0 unspecified atom stereocenters. The third-order valence-corrected chi connectivity index (χ3v) is 4.25. The molecule has 0 saturated heterocycles. The van der Waals surface area contributed by atoms with Gasteiger partial charge in [-0.15, -0.1) is 11.3 Å². The number of carbonyl (C=O) groups is 1. The second kappa shape index (κ2) is 8.73. The van der Waals surface area contributed by atoms with E-state index in [0.29, 0.717) is 10.8 Å². The summed E-state index contributed by atoms with van der Waals surface area (Å²) in [5.41, 5.74) is 6.13. The van der Waals surface area contributed by atoms with Crippen LogP contribution in [-0.4, -0.2) is 29.4 Å². The standard InChI is InChI=1S/C15H23N3O3S/c1-2-20-14(19)13(12-10-22-15(16)17-12)18-21-11-8-6-4-3-5-7-9-11/h10-11H,2-9H2,1H3,(H2,16,17). The number of anilines is 1. The van der Waals surface area contributed by atoms with E-state index in [1.54, 1.807) is 12.3 Å². The molecule has 1 saturated carbocycles. The number of esters is 1. The van der Waals surface area contributed by atoms with Gasteiger partial charge >= 0.3 is 5.97 Å². The highest BCUT2D eigenvalue weighted by Crippen LogP contribution is 2.20. The summed E-state index contributed by atoms with van der Waals surface area (Å²) in [4.78, 5) is 21.8. The van der Waals surface area contributed by atoms with E-state index in [1.807, 2.05) is 0 Å². The lowest BCUT2D eigenvalue weighted by Gasteiger charge is -2.18. The van der Waals surface area contributed by atoms with Crippen LogP contribution in [0.15, 0.2) is 10.5 Å². The van der Waals surface area contributed by atoms with Gasteiger partial charge < -0.3 is 15.3 Å². The van der Waals surface area contributed by atoms with E-state index in [9.17, 15) is 4.79 Å². The minimum absolute atomic E-state index is 0.0562. The number of carbonyl (C=O) groups excluding carboxylic acids is 1. The number of oxime groups is 1. The average Bonchev–Trinajstić information content (AvgIpc) is 2.87. The van der Waals surface area contributed by atoms with Crippen molar-refractivity contribution in [2.75, 3.05) is 12.3 Å². The molecule has 0 atom stereocenters. The minimum atomic E-state index is -0.529. The van der Waals surface area contributed by atoms with Gasteiger partial charge in [0, 0.05) is 5.38 Å². The fraction of sp³-hybridized carbons (Fsp3) is 0.667. The first-order valence-corrected chi connectivity index (χ1v) is 8.71. The highest BCUT2D eigenvalue weighted by atomic mass is 32.1. The highest BCUT2D eigenvalue weighted by molar-refractivity contribution is 7.13. The summed E-state index contributed by atoms with van der Waals surface area (Å²) in [6, 6.07) is 0. The molecule has 7 heteroatoms. The van der Waals surface area contributed by atoms with Crippen molar-refractivity contribution >= 4 is 28.1 Å². The highest BCUT2D eigenvalue weighted by Gasteiger charge is 2.21. The summed E-state index contributed by atoms with van der Waals surface area (Å²) in [5, 5.41) is 6.13. The summed E-state index contributed by atoms with van der Waals surface area (Å²) in [7, 11) is 0. The van der Waals surface area contributed by atoms with Gasteiger partial charge in [-0.3, -0.25) is 0 Å². The molecule has 0 radical (unpaired) electrons. The van der Waals surface area contributed by atoms with Gasteiger partial charge in [0.2, 0.25) is 5.71 Å². The molecule has 122 valence electrons. The Morgan fingerprint density at radius 2 is 2.05 bits per heavy atom. The van der Waals surface area contributed by atoms with Crippen molar-refractivity contribution in [3.63, 3.8) is 0 Å². The van der Waals surface area contributed by atoms with Crippen LogP contribution < -0.4 is 5.73 Å². The first kappa shape index (κ1) is 16.7. The minimum Gasteiger partial charge on any atom is -0.461 e. The first-order chi connectivity index (χ1) is 10.7. The molecule has 1 aliphatic carbocycles. The monoisotopic (exact) mass is 325 g/mol. The molecular formula is C15H23N3O3S. The number of nitrogens with zero attached hydrogens (tertiary/aromatic N) is 2. The van der Waals surface area contributed by atoms with Gasteiger partial charge in [-0.2, -0.15) is 0 Å². The molecule has 0 amide bonds. The molecule has 22 heavy (non-hydrogen) atoms. The van der Waals surface area contributed by atoms with Gasteiger partial charge in [0.05, 0.1) is 6.61 Å². The maximum atomic E-state index is 12.0. The van der Waals surface area contributed by atoms with E-state index in [2.05, 4.69) is 10.1 Å². The molecule has 0 bridgehead atoms. The fourth-order valence-corrected chi connectivity index (χ4v) is 2.98. The van der Waals surface area contributed by atoms with E-state index < -0.39 is 5.97 Å². The SMILES string of the molecule is CCOC(=O)C(=NOC1CCCCCCC1)c1csc(N)n1. The van der Waals surface area contributed by atoms with Crippen molar-refractivity contribution in [2.24, 2.45) is 5.16 Å². The number of nitrogen functional groups attached to an aromatic ring is 1. The zero-order chi connectivity index (χ0) is 15.8. The Morgan fingerprint density at radius 3 is 2.64 bits per heavy atom. The largest absolute Gasteiger partial charge is 0.461 e. The molecule has 1 fully saturated rings. The number of thiazole rings is 1. The Morgan fingerprint density at radius 1 is 1.36 bits per heavy atom. The molecule has 2 rings (SSSR count). The van der Waals surface area contributed by atoms with Gasteiger partial charge in [0.15, 0.2) is 5.13 Å². The fourth-order valence-electron chi connectivity index (χ4n) is 2.44.